The summed E-state index contributed by atoms with van der Waals surface area (Å²) in [7, 11) is 2.18. The van der Waals surface area contributed by atoms with Crippen LogP contribution in [0.4, 0.5) is 0 Å². The van der Waals surface area contributed by atoms with Gasteiger partial charge in [-0.05, 0) is 69.7 Å². The summed E-state index contributed by atoms with van der Waals surface area (Å²) in [6, 6.07) is 2.50. The molecule has 0 saturated heterocycles. The Bertz CT molecular complexity index is 294. The first-order valence-electron chi connectivity index (χ1n) is 8.62. The van der Waals surface area contributed by atoms with Crippen molar-refractivity contribution >= 4 is 0 Å². The molecule has 3 saturated carbocycles. The second-order valence-electron chi connectivity index (χ2n) is 7.65. The van der Waals surface area contributed by atoms with Crippen molar-refractivity contribution in [1.82, 2.24) is 10.2 Å². The Kier molecular flexibility index (Phi) is 4.19. The fourth-order valence-electron chi connectivity index (χ4n) is 4.05. The third-order valence-corrected chi connectivity index (χ3v) is 5.78. The highest BCUT2D eigenvalue weighted by molar-refractivity contribution is 4.98. The van der Waals surface area contributed by atoms with Crippen molar-refractivity contribution in [1.29, 1.82) is 0 Å². The van der Waals surface area contributed by atoms with Gasteiger partial charge in [-0.3, -0.25) is 4.90 Å². The molecule has 1 N–H and O–H groups in total. The molecule has 0 heterocycles. The zero-order chi connectivity index (χ0) is 13.4. The van der Waals surface area contributed by atoms with Gasteiger partial charge in [0.1, 0.15) is 0 Å². The van der Waals surface area contributed by atoms with Crippen molar-refractivity contribution < 1.29 is 0 Å². The van der Waals surface area contributed by atoms with Gasteiger partial charge in [0.2, 0.25) is 0 Å². The van der Waals surface area contributed by atoms with E-state index in [0.717, 1.165) is 35.9 Å². The molecule has 0 spiro atoms. The van der Waals surface area contributed by atoms with Gasteiger partial charge >= 0.3 is 0 Å². The van der Waals surface area contributed by atoms with E-state index < -0.39 is 0 Å². The summed E-state index contributed by atoms with van der Waals surface area (Å²) in [5, 5.41) is 3.63. The lowest BCUT2D eigenvalue weighted by Gasteiger charge is -2.44. The van der Waals surface area contributed by atoms with Gasteiger partial charge in [-0.1, -0.05) is 13.8 Å². The molecule has 3 atom stereocenters. The maximum Gasteiger partial charge on any atom is 0.0255 e. The lowest BCUT2D eigenvalue weighted by molar-refractivity contribution is 0.0755. The lowest BCUT2D eigenvalue weighted by atomic mass is 9.76. The molecule has 0 radical (unpaired) electrons. The van der Waals surface area contributed by atoms with E-state index in [-0.39, 0.29) is 0 Å². The number of likely N-dealkylation sites (N-methyl/N-ethyl adjacent to an activating group) is 1. The number of nitrogens with one attached hydrogen (secondary N) is 1. The molecule has 0 aromatic carbocycles. The molecule has 3 rings (SSSR count). The van der Waals surface area contributed by atoms with Crippen molar-refractivity contribution in [2.24, 2.45) is 17.8 Å². The summed E-state index contributed by atoms with van der Waals surface area (Å²) in [6.45, 7) is 6.24. The molecule has 0 aromatic heterocycles. The van der Waals surface area contributed by atoms with Crippen LogP contribution in [0.3, 0.4) is 0 Å². The van der Waals surface area contributed by atoms with Crippen LogP contribution in [0, 0.1) is 17.8 Å². The highest BCUT2D eigenvalue weighted by atomic mass is 15.2. The van der Waals surface area contributed by atoms with Crippen LogP contribution in [0.15, 0.2) is 0 Å². The molecule has 0 amide bonds. The predicted octanol–water partition coefficient (Wildman–Crippen LogP) is 3.27. The van der Waals surface area contributed by atoms with Crippen LogP contribution in [-0.2, 0) is 0 Å². The standard InChI is InChI=1S/C17H32N2/c1-12(2)14-6-9-16(18-3)17(10-14)19(15-7-8-15)11-13-4-5-13/h12-18H,4-11H2,1-3H3. The van der Waals surface area contributed by atoms with Crippen molar-refractivity contribution in [2.75, 3.05) is 13.6 Å². The Labute approximate surface area is 119 Å². The molecular formula is C17H32N2. The Morgan fingerprint density at radius 1 is 1.05 bits per heavy atom. The van der Waals surface area contributed by atoms with Crippen LogP contribution < -0.4 is 5.32 Å². The van der Waals surface area contributed by atoms with Crippen molar-refractivity contribution in [3.8, 4) is 0 Å². The Hall–Kier alpha value is -0.0800. The smallest absolute Gasteiger partial charge is 0.0255 e. The Morgan fingerprint density at radius 3 is 2.32 bits per heavy atom. The quantitative estimate of drug-likeness (QED) is 0.792. The predicted molar refractivity (Wildman–Crippen MR) is 81.3 cm³/mol. The molecule has 3 fully saturated rings. The van der Waals surface area contributed by atoms with E-state index in [2.05, 4.69) is 31.1 Å². The summed E-state index contributed by atoms with van der Waals surface area (Å²) < 4.78 is 0. The summed E-state index contributed by atoms with van der Waals surface area (Å²) in [6.07, 6.45) is 10.2. The molecule has 3 aliphatic rings. The van der Waals surface area contributed by atoms with Crippen LogP contribution in [0.25, 0.3) is 0 Å². The van der Waals surface area contributed by atoms with Gasteiger partial charge in [-0.2, -0.15) is 0 Å². The van der Waals surface area contributed by atoms with Gasteiger partial charge < -0.3 is 5.32 Å². The summed E-state index contributed by atoms with van der Waals surface area (Å²) in [4.78, 5) is 2.92. The Morgan fingerprint density at radius 2 is 1.79 bits per heavy atom. The maximum atomic E-state index is 3.63. The fraction of sp³-hybridized carbons (Fsp3) is 1.00. The highest BCUT2D eigenvalue weighted by Crippen LogP contribution is 2.41. The molecule has 0 aliphatic heterocycles. The topological polar surface area (TPSA) is 15.3 Å². The molecule has 2 nitrogen and oxygen atoms in total. The first-order chi connectivity index (χ1) is 9.19. The minimum Gasteiger partial charge on any atom is -0.315 e. The number of rotatable bonds is 6. The Balaban J connectivity index is 1.68. The van der Waals surface area contributed by atoms with Crippen LogP contribution >= 0.6 is 0 Å². The molecule has 3 unspecified atom stereocenters. The fourth-order valence-corrected chi connectivity index (χ4v) is 4.05. The van der Waals surface area contributed by atoms with E-state index in [1.807, 2.05) is 0 Å². The third-order valence-electron chi connectivity index (χ3n) is 5.78. The summed E-state index contributed by atoms with van der Waals surface area (Å²) >= 11 is 0. The van der Waals surface area contributed by atoms with E-state index in [4.69, 9.17) is 0 Å². The molecule has 19 heavy (non-hydrogen) atoms. The summed E-state index contributed by atoms with van der Waals surface area (Å²) in [5.41, 5.74) is 0. The van der Waals surface area contributed by atoms with E-state index in [1.165, 1.54) is 51.5 Å². The van der Waals surface area contributed by atoms with Gasteiger partial charge in [-0.15, -0.1) is 0 Å². The molecule has 0 bridgehead atoms. The van der Waals surface area contributed by atoms with Crippen LogP contribution in [0.1, 0.15) is 58.8 Å². The van der Waals surface area contributed by atoms with Crippen LogP contribution in [-0.4, -0.2) is 36.6 Å². The number of nitrogens with zero attached hydrogens (tertiary/aromatic N) is 1. The van der Waals surface area contributed by atoms with Gasteiger partial charge in [0.15, 0.2) is 0 Å². The largest absolute Gasteiger partial charge is 0.315 e. The lowest BCUT2D eigenvalue weighted by Crippen LogP contribution is -2.54. The zero-order valence-electron chi connectivity index (χ0n) is 13.1. The first kappa shape index (κ1) is 13.9. The van der Waals surface area contributed by atoms with E-state index >= 15 is 0 Å². The van der Waals surface area contributed by atoms with Gasteiger partial charge in [0.05, 0.1) is 0 Å². The average Bonchev–Trinajstić information content (AvgIpc) is 3.27. The van der Waals surface area contributed by atoms with Crippen molar-refractivity contribution in [3.63, 3.8) is 0 Å². The second kappa shape index (κ2) is 5.73. The highest BCUT2D eigenvalue weighted by Gasteiger charge is 2.42. The second-order valence-corrected chi connectivity index (χ2v) is 7.65. The zero-order valence-corrected chi connectivity index (χ0v) is 13.1. The minimum absolute atomic E-state index is 0.745. The van der Waals surface area contributed by atoms with E-state index in [1.54, 1.807) is 0 Å². The van der Waals surface area contributed by atoms with Gasteiger partial charge in [0, 0.05) is 24.7 Å². The molecule has 0 aromatic rings. The van der Waals surface area contributed by atoms with E-state index in [9.17, 15) is 0 Å². The first-order valence-corrected chi connectivity index (χ1v) is 8.62. The molecular weight excluding hydrogens is 232 g/mol. The van der Waals surface area contributed by atoms with Crippen LogP contribution in [0.2, 0.25) is 0 Å². The van der Waals surface area contributed by atoms with Crippen molar-refractivity contribution in [3.05, 3.63) is 0 Å². The molecule has 110 valence electrons. The molecule has 2 heteroatoms. The third kappa shape index (κ3) is 3.33. The average molecular weight is 264 g/mol. The SMILES string of the molecule is CNC1CCC(C(C)C)CC1N(CC1CC1)C1CC1. The minimum atomic E-state index is 0.745. The normalized spacial score (nSPS) is 36.2. The van der Waals surface area contributed by atoms with Gasteiger partial charge in [0.25, 0.3) is 0 Å². The number of hydrogen-bond acceptors (Lipinski definition) is 2. The summed E-state index contributed by atoms with van der Waals surface area (Å²) in [5.74, 6) is 2.86. The van der Waals surface area contributed by atoms with E-state index in [0.29, 0.717) is 0 Å². The molecule has 3 aliphatic carbocycles. The van der Waals surface area contributed by atoms with Crippen molar-refractivity contribution in [2.45, 2.75) is 76.9 Å². The maximum absolute atomic E-state index is 3.63. The van der Waals surface area contributed by atoms with Crippen LogP contribution in [0.5, 0.6) is 0 Å². The monoisotopic (exact) mass is 264 g/mol. The number of hydrogen-bond donors (Lipinski definition) is 1. The van der Waals surface area contributed by atoms with Gasteiger partial charge in [-0.25, -0.2) is 0 Å².